The second-order valence-corrected chi connectivity index (χ2v) is 8.11. The van der Waals surface area contributed by atoms with Gasteiger partial charge in [-0.2, -0.15) is 13.2 Å². The van der Waals surface area contributed by atoms with E-state index in [1.165, 1.54) is 12.1 Å². The van der Waals surface area contributed by atoms with Gasteiger partial charge in [0.15, 0.2) is 5.96 Å². The number of piperazine rings is 2. The SMILES string of the molecule is CCNC(=NCC1CN(C)CCN1C)N1CCN(c2cccc(C(F)(F)F)c2)CC1.I. The third-order valence-corrected chi connectivity index (χ3v) is 5.88. The summed E-state index contributed by atoms with van der Waals surface area (Å²) in [7, 11) is 4.29. The Kier molecular flexibility index (Phi) is 9.68. The number of alkyl halides is 3. The normalized spacial score (nSPS) is 21.7. The zero-order chi connectivity index (χ0) is 21.7. The van der Waals surface area contributed by atoms with Crippen LogP contribution in [0.25, 0.3) is 0 Å². The molecule has 10 heteroatoms. The summed E-state index contributed by atoms with van der Waals surface area (Å²) < 4.78 is 39.1. The minimum atomic E-state index is -4.32. The summed E-state index contributed by atoms with van der Waals surface area (Å²) in [4.78, 5) is 13.8. The lowest BCUT2D eigenvalue weighted by molar-refractivity contribution is -0.137. The Labute approximate surface area is 200 Å². The second-order valence-electron chi connectivity index (χ2n) is 8.11. The summed E-state index contributed by atoms with van der Waals surface area (Å²) in [5, 5.41) is 3.38. The quantitative estimate of drug-likeness (QED) is 0.352. The van der Waals surface area contributed by atoms with E-state index in [1.807, 2.05) is 4.90 Å². The molecular formula is C21H34F3IN6. The van der Waals surface area contributed by atoms with Gasteiger partial charge in [-0.25, -0.2) is 0 Å². The number of guanidine groups is 1. The Morgan fingerprint density at radius 2 is 1.81 bits per heavy atom. The molecule has 176 valence electrons. The van der Waals surface area contributed by atoms with Crippen LogP contribution in [0.5, 0.6) is 0 Å². The molecule has 3 rings (SSSR count). The van der Waals surface area contributed by atoms with Crippen molar-refractivity contribution >= 4 is 35.6 Å². The molecule has 6 nitrogen and oxygen atoms in total. The molecule has 0 saturated carbocycles. The number of nitrogens with zero attached hydrogens (tertiary/aromatic N) is 5. The summed E-state index contributed by atoms with van der Waals surface area (Å²) in [6, 6.07) is 5.98. The maximum Gasteiger partial charge on any atom is 0.416 e. The molecule has 1 unspecified atom stereocenters. The highest BCUT2D eigenvalue weighted by molar-refractivity contribution is 14.0. The summed E-state index contributed by atoms with van der Waals surface area (Å²) in [5.41, 5.74) is 0.0252. The summed E-state index contributed by atoms with van der Waals surface area (Å²) in [5.74, 6) is 0.891. The molecule has 1 N–H and O–H groups in total. The monoisotopic (exact) mass is 554 g/mol. The van der Waals surface area contributed by atoms with Gasteiger partial charge >= 0.3 is 6.18 Å². The number of likely N-dealkylation sites (N-methyl/N-ethyl adjacent to an activating group) is 2. The number of anilines is 1. The summed E-state index contributed by atoms with van der Waals surface area (Å²) in [6.45, 7) is 9.47. The van der Waals surface area contributed by atoms with Gasteiger partial charge in [0.1, 0.15) is 0 Å². The number of nitrogens with one attached hydrogen (secondary N) is 1. The van der Waals surface area contributed by atoms with Crippen LogP contribution in [0.2, 0.25) is 0 Å². The average Bonchev–Trinajstić information content (AvgIpc) is 2.73. The molecule has 2 fully saturated rings. The smallest absolute Gasteiger partial charge is 0.368 e. The lowest BCUT2D eigenvalue weighted by Gasteiger charge is -2.39. The minimum absolute atomic E-state index is 0. The number of halogens is 4. The van der Waals surface area contributed by atoms with Gasteiger partial charge in [0.25, 0.3) is 0 Å². The Bertz CT molecular complexity index is 721. The van der Waals surface area contributed by atoms with E-state index in [-0.39, 0.29) is 24.0 Å². The van der Waals surface area contributed by atoms with E-state index in [9.17, 15) is 13.2 Å². The number of aliphatic imine (C=N–C) groups is 1. The first-order valence-corrected chi connectivity index (χ1v) is 10.6. The fourth-order valence-electron chi connectivity index (χ4n) is 3.97. The first kappa shape index (κ1) is 26.0. The van der Waals surface area contributed by atoms with E-state index in [1.54, 1.807) is 6.07 Å². The molecule has 31 heavy (non-hydrogen) atoms. The van der Waals surface area contributed by atoms with Crippen molar-refractivity contribution in [2.24, 2.45) is 4.99 Å². The molecule has 0 radical (unpaired) electrons. The highest BCUT2D eigenvalue weighted by atomic mass is 127. The van der Waals surface area contributed by atoms with Crippen molar-refractivity contribution in [1.29, 1.82) is 0 Å². The van der Waals surface area contributed by atoms with Crippen LogP contribution >= 0.6 is 24.0 Å². The van der Waals surface area contributed by atoms with E-state index in [4.69, 9.17) is 4.99 Å². The Morgan fingerprint density at radius 3 is 2.45 bits per heavy atom. The molecule has 2 saturated heterocycles. The molecule has 2 aliphatic rings. The van der Waals surface area contributed by atoms with E-state index < -0.39 is 11.7 Å². The molecule has 0 aromatic heterocycles. The number of hydrogen-bond donors (Lipinski definition) is 1. The van der Waals surface area contributed by atoms with Gasteiger partial charge in [-0.1, -0.05) is 6.07 Å². The maximum atomic E-state index is 13.0. The van der Waals surface area contributed by atoms with Crippen molar-refractivity contribution < 1.29 is 13.2 Å². The third kappa shape index (κ3) is 7.11. The van der Waals surface area contributed by atoms with Gasteiger partial charge in [0, 0.05) is 64.1 Å². The van der Waals surface area contributed by atoms with Crippen molar-refractivity contribution in [2.45, 2.75) is 19.1 Å². The molecule has 0 amide bonds. The Hall–Kier alpha value is -1.27. The zero-order valence-electron chi connectivity index (χ0n) is 18.5. The molecule has 0 bridgehead atoms. The van der Waals surface area contributed by atoms with Crippen LogP contribution in [0.15, 0.2) is 29.3 Å². The Balaban J connectivity index is 0.00000341. The molecule has 2 aliphatic heterocycles. The predicted molar refractivity (Wildman–Crippen MR) is 131 cm³/mol. The van der Waals surface area contributed by atoms with Crippen LogP contribution in [0.3, 0.4) is 0 Å². The van der Waals surface area contributed by atoms with Crippen molar-refractivity contribution in [2.75, 3.05) is 77.9 Å². The second kappa shape index (κ2) is 11.6. The molecule has 1 aromatic carbocycles. The lowest BCUT2D eigenvalue weighted by Crippen LogP contribution is -2.54. The van der Waals surface area contributed by atoms with Crippen molar-refractivity contribution in [3.8, 4) is 0 Å². The van der Waals surface area contributed by atoms with E-state index in [0.29, 0.717) is 24.8 Å². The van der Waals surface area contributed by atoms with E-state index in [2.05, 4.69) is 41.0 Å². The van der Waals surface area contributed by atoms with Crippen molar-refractivity contribution in [3.63, 3.8) is 0 Å². The largest absolute Gasteiger partial charge is 0.416 e. The first-order valence-electron chi connectivity index (χ1n) is 10.6. The van der Waals surface area contributed by atoms with Gasteiger partial charge in [0.05, 0.1) is 12.1 Å². The number of benzene rings is 1. The lowest BCUT2D eigenvalue weighted by atomic mass is 10.1. The molecular weight excluding hydrogens is 520 g/mol. The maximum absolute atomic E-state index is 13.0. The standard InChI is InChI=1S/C21H33F3N6.HI/c1-4-25-20(26-15-19-16-27(2)8-9-28(19)3)30-12-10-29(11-13-30)18-7-5-6-17(14-18)21(22,23)24;/h5-7,14,19H,4,8-13,15-16H2,1-3H3,(H,25,26);1H. The van der Waals surface area contributed by atoms with Crippen LogP contribution in [-0.4, -0.2) is 99.7 Å². The van der Waals surface area contributed by atoms with Gasteiger partial charge < -0.3 is 20.0 Å². The topological polar surface area (TPSA) is 37.4 Å². The number of rotatable bonds is 4. The third-order valence-electron chi connectivity index (χ3n) is 5.88. The minimum Gasteiger partial charge on any atom is -0.368 e. The van der Waals surface area contributed by atoms with Gasteiger partial charge in [-0.05, 0) is 39.2 Å². The van der Waals surface area contributed by atoms with Crippen LogP contribution in [0.4, 0.5) is 18.9 Å². The van der Waals surface area contributed by atoms with E-state index >= 15 is 0 Å². The number of hydrogen-bond acceptors (Lipinski definition) is 4. The predicted octanol–water partition coefficient (Wildman–Crippen LogP) is 2.66. The van der Waals surface area contributed by atoms with E-state index in [0.717, 1.165) is 57.8 Å². The highest BCUT2D eigenvalue weighted by Crippen LogP contribution is 2.31. The molecule has 0 aliphatic carbocycles. The summed E-state index contributed by atoms with van der Waals surface area (Å²) >= 11 is 0. The highest BCUT2D eigenvalue weighted by Gasteiger charge is 2.31. The van der Waals surface area contributed by atoms with Crippen LogP contribution in [0.1, 0.15) is 12.5 Å². The average molecular weight is 554 g/mol. The van der Waals surface area contributed by atoms with Gasteiger partial charge in [0.2, 0.25) is 0 Å². The van der Waals surface area contributed by atoms with Gasteiger partial charge in [-0.3, -0.25) is 9.89 Å². The molecule has 0 spiro atoms. The summed E-state index contributed by atoms with van der Waals surface area (Å²) in [6.07, 6.45) is -4.32. The molecule has 1 atom stereocenters. The van der Waals surface area contributed by atoms with Crippen molar-refractivity contribution in [3.05, 3.63) is 29.8 Å². The first-order chi connectivity index (χ1) is 14.3. The molecule has 2 heterocycles. The van der Waals surface area contributed by atoms with Gasteiger partial charge in [-0.15, -0.1) is 24.0 Å². The van der Waals surface area contributed by atoms with Crippen molar-refractivity contribution in [1.82, 2.24) is 20.0 Å². The molecule has 1 aromatic rings. The zero-order valence-corrected chi connectivity index (χ0v) is 20.9. The fourth-order valence-corrected chi connectivity index (χ4v) is 3.97. The van der Waals surface area contributed by atoms with Crippen LogP contribution in [0, 0.1) is 0 Å². The fraction of sp³-hybridized carbons (Fsp3) is 0.667. The van der Waals surface area contributed by atoms with Crippen LogP contribution < -0.4 is 10.2 Å². The Morgan fingerprint density at radius 1 is 1.10 bits per heavy atom. The van der Waals surface area contributed by atoms with Crippen LogP contribution in [-0.2, 0) is 6.18 Å².